The summed E-state index contributed by atoms with van der Waals surface area (Å²) in [6.45, 7) is 0. The van der Waals surface area contributed by atoms with Gasteiger partial charge in [-0.25, -0.2) is 0 Å². The molecule has 1 saturated carbocycles. The van der Waals surface area contributed by atoms with E-state index in [0.717, 1.165) is 32.1 Å². The lowest BCUT2D eigenvalue weighted by molar-refractivity contribution is -0.127. The zero-order valence-corrected chi connectivity index (χ0v) is 13.3. The van der Waals surface area contributed by atoms with Crippen molar-refractivity contribution in [2.24, 2.45) is 11.7 Å². The van der Waals surface area contributed by atoms with Crippen LogP contribution in [0.3, 0.4) is 0 Å². The van der Waals surface area contributed by atoms with Crippen LogP contribution in [0.15, 0.2) is 11.4 Å². The molecule has 112 valence electrons. The van der Waals surface area contributed by atoms with Crippen LogP contribution in [-0.4, -0.2) is 11.9 Å². The minimum atomic E-state index is 0. The lowest BCUT2D eigenvalue weighted by atomic mass is 9.85. The predicted octanol–water partition coefficient (Wildman–Crippen LogP) is 3.18. The maximum atomic E-state index is 12.4. The third kappa shape index (κ3) is 3.35. The number of hydrogen-bond acceptors (Lipinski definition) is 3. The van der Waals surface area contributed by atoms with Crippen LogP contribution in [0.5, 0.6) is 0 Å². The molecule has 0 aliphatic heterocycles. The van der Waals surface area contributed by atoms with Gasteiger partial charge in [0.2, 0.25) is 5.91 Å². The minimum absolute atomic E-state index is 0. The number of aryl methyl sites for hydroxylation is 1. The largest absolute Gasteiger partial charge is 0.349 e. The van der Waals surface area contributed by atoms with Crippen LogP contribution in [0.25, 0.3) is 0 Å². The van der Waals surface area contributed by atoms with E-state index in [0.29, 0.717) is 0 Å². The topological polar surface area (TPSA) is 55.1 Å². The Morgan fingerprint density at radius 2 is 2.15 bits per heavy atom. The first-order valence-corrected chi connectivity index (χ1v) is 8.24. The second-order valence-electron chi connectivity index (χ2n) is 5.88. The fourth-order valence-corrected chi connectivity index (χ4v) is 4.38. The molecule has 3 nitrogen and oxygen atoms in total. The second kappa shape index (κ2) is 6.92. The van der Waals surface area contributed by atoms with Gasteiger partial charge in [-0.2, -0.15) is 0 Å². The van der Waals surface area contributed by atoms with Crippen molar-refractivity contribution in [3.8, 4) is 0 Å². The van der Waals surface area contributed by atoms with Gasteiger partial charge in [0, 0.05) is 16.8 Å². The Kier molecular flexibility index (Phi) is 5.47. The molecule has 20 heavy (non-hydrogen) atoms. The number of amides is 1. The zero-order valence-electron chi connectivity index (χ0n) is 11.6. The van der Waals surface area contributed by atoms with Gasteiger partial charge in [-0.05, 0) is 55.5 Å². The van der Waals surface area contributed by atoms with Crippen LogP contribution in [0, 0.1) is 5.92 Å². The third-order valence-corrected chi connectivity index (χ3v) is 5.45. The number of nitrogens with one attached hydrogen (secondary N) is 1. The fraction of sp³-hybridized carbons (Fsp3) is 0.667. The predicted molar refractivity (Wildman–Crippen MR) is 85.3 cm³/mol. The first-order chi connectivity index (χ1) is 9.24. The highest BCUT2D eigenvalue weighted by Crippen LogP contribution is 2.34. The van der Waals surface area contributed by atoms with Crippen molar-refractivity contribution in [3.63, 3.8) is 0 Å². The molecule has 1 aromatic heterocycles. The second-order valence-corrected chi connectivity index (χ2v) is 6.88. The fourth-order valence-electron chi connectivity index (χ4n) is 3.39. The van der Waals surface area contributed by atoms with Crippen molar-refractivity contribution < 1.29 is 4.79 Å². The van der Waals surface area contributed by atoms with Gasteiger partial charge < -0.3 is 11.1 Å². The highest BCUT2D eigenvalue weighted by atomic mass is 35.5. The Balaban J connectivity index is 0.00000147. The molecule has 5 heteroatoms. The van der Waals surface area contributed by atoms with E-state index in [1.54, 1.807) is 0 Å². The summed E-state index contributed by atoms with van der Waals surface area (Å²) in [5.74, 6) is 0.354. The number of carbonyl (C=O) groups is 1. The van der Waals surface area contributed by atoms with E-state index in [1.807, 2.05) is 11.3 Å². The van der Waals surface area contributed by atoms with E-state index in [2.05, 4.69) is 16.8 Å². The highest BCUT2D eigenvalue weighted by Gasteiger charge is 2.29. The van der Waals surface area contributed by atoms with Crippen LogP contribution in [0.2, 0.25) is 0 Å². The summed E-state index contributed by atoms with van der Waals surface area (Å²) in [5.41, 5.74) is 7.33. The molecule has 0 aromatic carbocycles. The van der Waals surface area contributed by atoms with Crippen LogP contribution in [-0.2, 0) is 11.2 Å². The van der Waals surface area contributed by atoms with E-state index in [-0.39, 0.29) is 36.3 Å². The van der Waals surface area contributed by atoms with Gasteiger partial charge in [0.1, 0.15) is 0 Å². The number of fused-ring (bicyclic) bond motifs is 1. The Morgan fingerprint density at radius 1 is 1.30 bits per heavy atom. The zero-order chi connectivity index (χ0) is 13.2. The Morgan fingerprint density at radius 3 is 2.95 bits per heavy atom. The normalized spacial score (nSPS) is 29.1. The molecule has 1 fully saturated rings. The standard InChI is InChI=1S/C15H22N2OS.ClH/c16-11-4-1-3-10(9-11)15(18)17-13-5-2-6-14-12(13)7-8-19-14;/h7-8,10-11,13H,1-6,9,16H2,(H,17,18);1H. The third-order valence-electron chi connectivity index (χ3n) is 4.45. The number of rotatable bonds is 2. The van der Waals surface area contributed by atoms with Gasteiger partial charge in [0.05, 0.1) is 6.04 Å². The number of carbonyl (C=O) groups excluding carboxylic acids is 1. The smallest absolute Gasteiger partial charge is 0.223 e. The molecule has 3 rings (SSSR count). The molecule has 0 spiro atoms. The summed E-state index contributed by atoms with van der Waals surface area (Å²) in [4.78, 5) is 13.8. The highest BCUT2D eigenvalue weighted by molar-refractivity contribution is 7.10. The Hall–Kier alpha value is -0.580. The molecule has 1 heterocycles. The van der Waals surface area contributed by atoms with Crippen molar-refractivity contribution in [3.05, 3.63) is 21.9 Å². The molecule has 1 aromatic rings. The summed E-state index contributed by atoms with van der Waals surface area (Å²) in [6.07, 6.45) is 7.46. The molecule has 0 bridgehead atoms. The number of hydrogen-bond donors (Lipinski definition) is 2. The quantitative estimate of drug-likeness (QED) is 0.881. The van der Waals surface area contributed by atoms with E-state index >= 15 is 0 Å². The SMILES string of the molecule is Cl.NC1CCCC(C(=O)NC2CCCc3sccc32)C1. The first kappa shape index (κ1) is 15.8. The van der Waals surface area contributed by atoms with Gasteiger partial charge in [-0.3, -0.25) is 4.79 Å². The average Bonchev–Trinajstić information content (AvgIpc) is 2.88. The number of thiophene rings is 1. The minimum Gasteiger partial charge on any atom is -0.349 e. The Labute approximate surface area is 130 Å². The monoisotopic (exact) mass is 314 g/mol. The average molecular weight is 315 g/mol. The summed E-state index contributed by atoms with van der Waals surface area (Å²) < 4.78 is 0. The van der Waals surface area contributed by atoms with Crippen molar-refractivity contribution in [1.29, 1.82) is 0 Å². The molecular weight excluding hydrogens is 292 g/mol. The van der Waals surface area contributed by atoms with Crippen LogP contribution in [0.4, 0.5) is 0 Å². The summed E-state index contributed by atoms with van der Waals surface area (Å²) in [5, 5.41) is 5.41. The molecule has 3 atom stereocenters. The maximum Gasteiger partial charge on any atom is 0.223 e. The van der Waals surface area contributed by atoms with Crippen LogP contribution in [0.1, 0.15) is 55.0 Å². The molecule has 3 unspecified atom stereocenters. The van der Waals surface area contributed by atoms with Gasteiger partial charge in [0.25, 0.3) is 0 Å². The Bertz CT molecular complexity index is 462. The molecular formula is C15H23ClN2OS. The maximum absolute atomic E-state index is 12.4. The van der Waals surface area contributed by atoms with E-state index in [1.165, 1.54) is 23.3 Å². The van der Waals surface area contributed by atoms with Gasteiger partial charge in [-0.15, -0.1) is 23.7 Å². The van der Waals surface area contributed by atoms with E-state index in [9.17, 15) is 4.79 Å². The van der Waals surface area contributed by atoms with Crippen molar-refractivity contribution in [2.45, 2.75) is 57.0 Å². The lowest BCUT2D eigenvalue weighted by Gasteiger charge is -2.29. The molecule has 1 amide bonds. The first-order valence-electron chi connectivity index (χ1n) is 7.36. The molecule has 2 aliphatic rings. The van der Waals surface area contributed by atoms with Crippen molar-refractivity contribution in [2.75, 3.05) is 0 Å². The molecule has 2 aliphatic carbocycles. The van der Waals surface area contributed by atoms with Crippen LogP contribution >= 0.6 is 23.7 Å². The molecule has 0 saturated heterocycles. The summed E-state index contributed by atoms with van der Waals surface area (Å²) in [6, 6.07) is 2.63. The number of nitrogens with two attached hydrogens (primary N) is 1. The van der Waals surface area contributed by atoms with Crippen molar-refractivity contribution in [1.82, 2.24) is 5.32 Å². The molecule has 3 N–H and O–H groups in total. The summed E-state index contributed by atoms with van der Waals surface area (Å²) in [7, 11) is 0. The van der Waals surface area contributed by atoms with E-state index in [4.69, 9.17) is 5.73 Å². The lowest BCUT2D eigenvalue weighted by Crippen LogP contribution is -2.39. The number of halogens is 1. The van der Waals surface area contributed by atoms with Crippen LogP contribution < -0.4 is 11.1 Å². The van der Waals surface area contributed by atoms with Gasteiger partial charge >= 0.3 is 0 Å². The van der Waals surface area contributed by atoms with E-state index < -0.39 is 0 Å². The van der Waals surface area contributed by atoms with Gasteiger partial charge in [-0.1, -0.05) is 6.42 Å². The molecule has 0 radical (unpaired) electrons. The summed E-state index contributed by atoms with van der Waals surface area (Å²) >= 11 is 1.82. The van der Waals surface area contributed by atoms with Gasteiger partial charge in [0.15, 0.2) is 0 Å². The van der Waals surface area contributed by atoms with Crippen molar-refractivity contribution >= 4 is 29.7 Å².